The maximum absolute atomic E-state index is 12.9. The Balaban J connectivity index is 1.82. The van der Waals surface area contributed by atoms with Gasteiger partial charge in [-0.25, -0.2) is 4.79 Å². The largest absolute Gasteiger partial charge is 0.483 e. The van der Waals surface area contributed by atoms with Crippen LogP contribution in [0.3, 0.4) is 0 Å². The Morgan fingerprint density at radius 2 is 2.07 bits per heavy atom. The monoisotopic (exact) mass is 384 g/mol. The molecule has 2 aliphatic heterocycles. The summed E-state index contributed by atoms with van der Waals surface area (Å²) in [6, 6.07) is 8.91. The molecule has 0 unspecified atom stereocenters. The van der Waals surface area contributed by atoms with Crippen molar-refractivity contribution in [2.75, 3.05) is 20.3 Å². The lowest BCUT2D eigenvalue weighted by atomic mass is 9.98. The number of esters is 1. The lowest BCUT2D eigenvalue weighted by molar-refractivity contribution is 0.0286. The third-order valence-corrected chi connectivity index (χ3v) is 5.03. The fourth-order valence-electron chi connectivity index (χ4n) is 3.64. The van der Waals surface area contributed by atoms with Crippen molar-refractivity contribution in [3.8, 4) is 5.75 Å². The summed E-state index contributed by atoms with van der Waals surface area (Å²) in [4.78, 5) is 37.8. The molecule has 0 radical (unpaired) electrons. The maximum Gasteiger partial charge on any atom is 0.343 e. The van der Waals surface area contributed by atoms with Gasteiger partial charge < -0.3 is 24.1 Å². The zero-order valence-corrected chi connectivity index (χ0v) is 15.3. The number of rotatable bonds is 4. The van der Waals surface area contributed by atoms with Crippen LogP contribution >= 0.6 is 0 Å². The Morgan fingerprint density at radius 1 is 1.29 bits per heavy atom. The number of methoxy groups -OCH3 is 1. The van der Waals surface area contributed by atoms with Crippen LogP contribution in [0.5, 0.6) is 5.75 Å². The second-order valence-electron chi connectivity index (χ2n) is 6.73. The van der Waals surface area contributed by atoms with E-state index in [1.54, 1.807) is 4.57 Å². The Bertz CT molecular complexity index is 969. The molecule has 1 aromatic carbocycles. The predicted molar refractivity (Wildman–Crippen MR) is 98.5 cm³/mol. The molecule has 0 aliphatic carbocycles. The van der Waals surface area contributed by atoms with Gasteiger partial charge in [-0.15, -0.1) is 0 Å². The van der Waals surface area contributed by atoms with Crippen LogP contribution in [0.2, 0.25) is 0 Å². The summed E-state index contributed by atoms with van der Waals surface area (Å²) in [5.41, 5.74) is 0.143. The number of ether oxygens (including phenoxy) is 3. The van der Waals surface area contributed by atoms with Crippen molar-refractivity contribution in [2.45, 2.75) is 25.1 Å². The van der Waals surface area contributed by atoms with E-state index in [9.17, 15) is 14.4 Å². The zero-order chi connectivity index (χ0) is 19.7. The van der Waals surface area contributed by atoms with Gasteiger partial charge in [0.1, 0.15) is 12.2 Å². The molecule has 146 valence electrons. The summed E-state index contributed by atoms with van der Waals surface area (Å²) >= 11 is 0. The minimum absolute atomic E-state index is 0.0954. The summed E-state index contributed by atoms with van der Waals surface area (Å²) in [6.07, 6.45) is 2.04. The number of aromatic nitrogens is 1. The van der Waals surface area contributed by atoms with Crippen molar-refractivity contribution in [1.29, 1.82) is 0 Å². The van der Waals surface area contributed by atoms with Crippen LogP contribution in [0.25, 0.3) is 0 Å². The molecule has 1 amide bonds. The fraction of sp³-hybridized carbons (Fsp3) is 0.350. The highest BCUT2D eigenvalue weighted by Gasteiger charge is 2.39. The number of amides is 1. The molecule has 1 aromatic heterocycles. The van der Waals surface area contributed by atoms with E-state index in [0.29, 0.717) is 19.6 Å². The highest BCUT2D eigenvalue weighted by atomic mass is 16.5. The molecule has 4 rings (SSSR count). The van der Waals surface area contributed by atoms with Crippen molar-refractivity contribution in [1.82, 2.24) is 9.88 Å². The van der Waals surface area contributed by atoms with Gasteiger partial charge in [0.15, 0.2) is 11.4 Å². The number of hydrogen-bond donors (Lipinski definition) is 1. The lowest BCUT2D eigenvalue weighted by Gasteiger charge is -2.39. The van der Waals surface area contributed by atoms with E-state index in [4.69, 9.17) is 14.2 Å². The smallest absolute Gasteiger partial charge is 0.343 e. The number of carbonyl (C=O) groups is 2. The third-order valence-electron chi connectivity index (χ3n) is 5.03. The van der Waals surface area contributed by atoms with Gasteiger partial charge in [-0.05, 0) is 12.0 Å². The van der Waals surface area contributed by atoms with Gasteiger partial charge in [0, 0.05) is 12.8 Å². The van der Waals surface area contributed by atoms with Gasteiger partial charge in [-0.3, -0.25) is 9.59 Å². The van der Waals surface area contributed by atoms with Crippen molar-refractivity contribution in [2.24, 2.45) is 0 Å². The molecule has 8 nitrogen and oxygen atoms in total. The number of benzene rings is 1. The summed E-state index contributed by atoms with van der Waals surface area (Å²) in [5, 5.41) is 2.88. The molecule has 0 bridgehead atoms. The molecule has 2 aliphatic rings. The number of nitrogens with zero attached hydrogens (tertiary/aromatic N) is 1. The topological polar surface area (TPSA) is 95.9 Å². The second kappa shape index (κ2) is 7.47. The Labute approximate surface area is 161 Å². The molecular formula is C20H20N2O6. The van der Waals surface area contributed by atoms with E-state index in [1.165, 1.54) is 13.3 Å². The summed E-state index contributed by atoms with van der Waals surface area (Å²) in [7, 11) is 1.21. The molecule has 0 spiro atoms. The average molecular weight is 384 g/mol. The third kappa shape index (κ3) is 3.16. The standard InChI is InChI=1S/C20H20N2O6/c1-26-20(25)13-9-22-15-7-8-27-11-14(15)21-19(24)16(22)18(17(13)23)28-10-12-5-3-2-4-6-12/h2-6,9,14-15H,7-8,10-11H2,1H3,(H,21,24)/t14-,15+/m0/s1. The molecule has 1 N–H and O–H groups in total. The molecule has 1 fully saturated rings. The minimum Gasteiger partial charge on any atom is -0.483 e. The molecule has 8 heteroatoms. The first-order valence-corrected chi connectivity index (χ1v) is 9.03. The van der Waals surface area contributed by atoms with Crippen LogP contribution in [0.4, 0.5) is 0 Å². The highest BCUT2D eigenvalue weighted by molar-refractivity contribution is 5.98. The van der Waals surface area contributed by atoms with Crippen molar-refractivity contribution < 1.29 is 23.8 Å². The second-order valence-corrected chi connectivity index (χ2v) is 6.73. The number of nitrogens with one attached hydrogen (secondary N) is 1. The molecule has 0 saturated carbocycles. The lowest BCUT2D eigenvalue weighted by Crippen LogP contribution is -2.53. The quantitative estimate of drug-likeness (QED) is 0.798. The SMILES string of the molecule is COC(=O)c1cn2c(c(OCc3ccccc3)c1=O)C(=O)N[C@H]1COCC[C@H]12. The summed E-state index contributed by atoms with van der Waals surface area (Å²) < 4.78 is 17.6. The number of carbonyl (C=O) groups excluding carboxylic acids is 2. The van der Waals surface area contributed by atoms with Crippen LogP contribution in [0.1, 0.15) is 38.9 Å². The first kappa shape index (κ1) is 18.2. The molecule has 1 saturated heterocycles. The van der Waals surface area contributed by atoms with E-state index in [1.807, 2.05) is 30.3 Å². The fourth-order valence-corrected chi connectivity index (χ4v) is 3.64. The van der Waals surface area contributed by atoms with E-state index in [0.717, 1.165) is 5.56 Å². The van der Waals surface area contributed by atoms with E-state index >= 15 is 0 Å². The average Bonchev–Trinajstić information content (AvgIpc) is 2.73. The normalized spacial score (nSPS) is 20.5. The van der Waals surface area contributed by atoms with Crippen LogP contribution < -0.4 is 15.5 Å². The van der Waals surface area contributed by atoms with Gasteiger partial charge in [0.25, 0.3) is 5.91 Å². The zero-order valence-electron chi connectivity index (χ0n) is 15.3. The van der Waals surface area contributed by atoms with Crippen LogP contribution in [0.15, 0.2) is 41.3 Å². The van der Waals surface area contributed by atoms with E-state index in [-0.39, 0.29) is 35.7 Å². The van der Waals surface area contributed by atoms with Gasteiger partial charge in [-0.1, -0.05) is 30.3 Å². The van der Waals surface area contributed by atoms with Gasteiger partial charge in [0.2, 0.25) is 5.43 Å². The number of fused-ring (bicyclic) bond motifs is 3. The van der Waals surface area contributed by atoms with Crippen LogP contribution in [-0.4, -0.2) is 42.8 Å². The van der Waals surface area contributed by atoms with Gasteiger partial charge in [-0.2, -0.15) is 0 Å². The number of pyridine rings is 1. The van der Waals surface area contributed by atoms with E-state index < -0.39 is 17.3 Å². The van der Waals surface area contributed by atoms with Crippen molar-refractivity contribution in [3.05, 3.63) is 63.6 Å². The molecule has 3 heterocycles. The van der Waals surface area contributed by atoms with Crippen molar-refractivity contribution >= 4 is 11.9 Å². The maximum atomic E-state index is 12.9. The molecule has 28 heavy (non-hydrogen) atoms. The van der Waals surface area contributed by atoms with E-state index in [2.05, 4.69) is 5.32 Å². The Kier molecular flexibility index (Phi) is 4.87. The summed E-state index contributed by atoms with van der Waals surface area (Å²) in [5.74, 6) is -1.34. The minimum atomic E-state index is -0.764. The first-order chi connectivity index (χ1) is 13.6. The summed E-state index contributed by atoms with van der Waals surface area (Å²) in [6.45, 7) is 0.990. The van der Waals surface area contributed by atoms with Crippen LogP contribution in [-0.2, 0) is 16.1 Å². The van der Waals surface area contributed by atoms with Crippen molar-refractivity contribution in [3.63, 3.8) is 0 Å². The highest BCUT2D eigenvalue weighted by Crippen LogP contribution is 2.31. The molecular weight excluding hydrogens is 364 g/mol. The Morgan fingerprint density at radius 3 is 2.82 bits per heavy atom. The van der Waals surface area contributed by atoms with Crippen LogP contribution in [0, 0.1) is 0 Å². The van der Waals surface area contributed by atoms with Gasteiger partial charge in [0.05, 0.1) is 25.8 Å². The predicted octanol–water partition coefficient (Wildman–Crippen LogP) is 1.29. The first-order valence-electron chi connectivity index (χ1n) is 9.03. The Hall–Kier alpha value is -3.13. The molecule has 2 aromatic rings. The number of hydrogen-bond acceptors (Lipinski definition) is 6. The molecule has 2 atom stereocenters. The van der Waals surface area contributed by atoms with Gasteiger partial charge >= 0.3 is 5.97 Å².